The largest absolute Gasteiger partial charge is 0.342 e. The smallest absolute Gasteiger partial charge is 0.149 e. The van der Waals surface area contributed by atoms with Crippen LogP contribution in [0, 0.1) is 0 Å². The van der Waals surface area contributed by atoms with Crippen molar-refractivity contribution in [1.82, 2.24) is 4.90 Å². The van der Waals surface area contributed by atoms with E-state index < -0.39 is 5.54 Å². The second kappa shape index (κ2) is 7.20. The third-order valence-corrected chi connectivity index (χ3v) is 5.07. The Labute approximate surface area is 160 Å². The van der Waals surface area contributed by atoms with Crippen LogP contribution >= 0.6 is 0 Å². The molecular formula is C24H22N2O. The van der Waals surface area contributed by atoms with Gasteiger partial charge < -0.3 is 9.69 Å². The maximum absolute atomic E-state index is 12.2. The van der Waals surface area contributed by atoms with E-state index in [9.17, 15) is 4.79 Å². The van der Waals surface area contributed by atoms with E-state index >= 15 is 0 Å². The molecule has 0 radical (unpaired) electrons. The van der Waals surface area contributed by atoms with Gasteiger partial charge in [-0.25, -0.2) is 0 Å². The van der Waals surface area contributed by atoms with Crippen LogP contribution in [0.2, 0.25) is 0 Å². The highest BCUT2D eigenvalue weighted by molar-refractivity contribution is 6.02. The molecule has 0 aromatic heterocycles. The molecule has 0 unspecified atom stereocenters. The number of hydrogen-bond donors (Lipinski definition) is 0. The van der Waals surface area contributed by atoms with Crippen molar-refractivity contribution < 1.29 is 4.79 Å². The first-order valence-corrected chi connectivity index (χ1v) is 9.18. The zero-order chi connectivity index (χ0) is 18.7. The van der Waals surface area contributed by atoms with Gasteiger partial charge in [0.15, 0.2) is 0 Å². The fourth-order valence-electron chi connectivity index (χ4n) is 3.80. The lowest BCUT2D eigenvalue weighted by atomic mass is 9.88. The predicted molar refractivity (Wildman–Crippen MR) is 109 cm³/mol. The maximum atomic E-state index is 12.2. The van der Waals surface area contributed by atoms with Gasteiger partial charge in [0.05, 0.1) is 6.04 Å². The predicted octanol–water partition coefficient (Wildman–Crippen LogP) is 4.65. The Morgan fingerprint density at radius 1 is 0.889 bits per heavy atom. The van der Waals surface area contributed by atoms with Crippen LogP contribution in [0.1, 0.15) is 29.7 Å². The molecule has 0 N–H and O–H groups in total. The Morgan fingerprint density at radius 3 is 2.04 bits per heavy atom. The molecule has 27 heavy (non-hydrogen) atoms. The molecule has 1 aliphatic heterocycles. The van der Waals surface area contributed by atoms with Gasteiger partial charge >= 0.3 is 0 Å². The van der Waals surface area contributed by atoms with Gasteiger partial charge in [-0.3, -0.25) is 4.99 Å². The summed E-state index contributed by atoms with van der Waals surface area (Å²) in [5, 5.41) is 0. The summed E-state index contributed by atoms with van der Waals surface area (Å²) in [4.78, 5) is 19.3. The number of benzene rings is 3. The highest BCUT2D eigenvalue weighted by Crippen LogP contribution is 2.41. The number of carbonyl (C=O) groups is 1. The standard InChI is InChI=1S/C24H22N2O/c1-24(18-27)22(20-13-7-3-8-14-20)26(17-19-11-5-2-6-12-19)23(25-24)21-15-9-4-10-16-21/h2-16,18,22H,17H2,1H3/t22-,24+/m0/s1. The van der Waals surface area contributed by atoms with Crippen molar-refractivity contribution in [3.05, 3.63) is 108 Å². The number of hydrogen-bond acceptors (Lipinski definition) is 3. The molecule has 3 nitrogen and oxygen atoms in total. The SMILES string of the molecule is C[C@]1(C=O)N=C(c2ccccc2)N(Cc2ccccc2)[C@H]1c1ccccc1. The summed E-state index contributed by atoms with van der Waals surface area (Å²) in [5.74, 6) is 0.864. The minimum absolute atomic E-state index is 0.147. The van der Waals surface area contributed by atoms with Gasteiger partial charge in [-0.2, -0.15) is 0 Å². The number of carbonyl (C=O) groups excluding carboxylic acids is 1. The van der Waals surface area contributed by atoms with Gasteiger partial charge in [0.2, 0.25) is 0 Å². The Bertz CT molecular complexity index is 938. The van der Waals surface area contributed by atoms with E-state index in [0.717, 1.165) is 23.2 Å². The molecule has 0 bridgehead atoms. The number of nitrogens with zero attached hydrogens (tertiary/aromatic N) is 2. The molecule has 0 saturated carbocycles. The molecule has 3 aromatic rings. The highest BCUT2D eigenvalue weighted by Gasteiger charge is 2.46. The summed E-state index contributed by atoms with van der Waals surface area (Å²) in [6, 6.07) is 30.5. The van der Waals surface area contributed by atoms with Gasteiger partial charge in [-0.1, -0.05) is 91.0 Å². The van der Waals surface area contributed by atoms with Crippen molar-refractivity contribution in [1.29, 1.82) is 0 Å². The quantitative estimate of drug-likeness (QED) is 0.625. The van der Waals surface area contributed by atoms with Crippen LogP contribution in [-0.4, -0.2) is 22.6 Å². The molecule has 3 aromatic carbocycles. The van der Waals surface area contributed by atoms with Crippen molar-refractivity contribution in [3.63, 3.8) is 0 Å². The lowest BCUT2D eigenvalue weighted by Gasteiger charge is -2.33. The Morgan fingerprint density at radius 2 is 1.44 bits per heavy atom. The van der Waals surface area contributed by atoms with E-state index in [1.54, 1.807) is 0 Å². The number of aliphatic imine (C=N–C) groups is 1. The molecule has 134 valence electrons. The summed E-state index contributed by atoms with van der Waals surface area (Å²) in [6.45, 7) is 2.61. The van der Waals surface area contributed by atoms with Gasteiger partial charge in [0.25, 0.3) is 0 Å². The number of amidine groups is 1. The molecular weight excluding hydrogens is 332 g/mol. The minimum atomic E-state index is -0.832. The molecule has 1 heterocycles. The molecule has 2 atom stereocenters. The first kappa shape index (κ1) is 17.2. The Hall–Kier alpha value is -3.20. The molecule has 0 aliphatic carbocycles. The van der Waals surface area contributed by atoms with E-state index in [2.05, 4.69) is 41.3 Å². The molecule has 0 saturated heterocycles. The Kier molecular flexibility index (Phi) is 4.59. The number of aldehydes is 1. The normalized spacial score (nSPS) is 21.7. The van der Waals surface area contributed by atoms with Gasteiger partial charge in [-0.15, -0.1) is 0 Å². The molecule has 0 fully saturated rings. The van der Waals surface area contributed by atoms with Crippen LogP contribution in [0.5, 0.6) is 0 Å². The highest BCUT2D eigenvalue weighted by atomic mass is 16.1. The molecule has 0 spiro atoms. The van der Waals surface area contributed by atoms with Crippen molar-refractivity contribution >= 4 is 12.1 Å². The average Bonchev–Trinajstić information content (AvgIpc) is 3.03. The Balaban J connectivity index is 1.84. The van der Waals surface area contributed by atoms with Crippen LogP contribution in [0.15, 0.2) is 96.0 Å². The zero-order valence-electron chi connectivity index (χ0n) is 15.3. The maximum Gasteiger partial charge on any atom is 0.149 e. The van der Waals surface area contributed by atoms with Crippen LogP contribution < -0.4 is 0 Å². The van der Waals surface area contributed by atoms with E-state index in [1.807, 2.05) is 61.5 Å². The fraction of sp³-hybridized carbons (Fsp3) is 0.167. The summed E-state index contributed by atoms with van der Waals surface area (Å²) >= 11 is 0. The summed E-state index contributed by atoms with van der Waals surface area (Å²) in [7, 11) is 0. The zero-order valence-corrected chi connectivity index (χ0v) is 15.3. The topological polar surface area (TPSA) is 32.7 Å². The molecule has 1 aliphatic rings. The monoisotopic (exact) mass is 354 g/mol. The lowest BCUT2D eigenvalue weighted by molar-refractivity contribution is -0.112. The first-order valence-electron chi connectivity index (χ1n) is 9.18. The summed E-state index contributed by atoms with van der Waals surface area (Å²) in [5.41, 5.74) is 2.48. The molecule has 3 heteroatoms. The number of rotatable bonds is 5. The van der Waals surface area contributed by atoms with E-state index in [1.165, 1.54) is 5.56 Å². The molecule has 0 amide bonds. The van der Waals surface area contributed by atoms with Crippen LogP contribution in [0.3, 0.4) is 0 Å². The van der Waals surface area contributed by atoms with Gasteiger partial charge in [-0.05, 0) is 18.1 Å². The first-order chi connectivity index (χ1) is 13.2. The van der Waals surface area contributed by atoms with Gasteiger partial charge in [0, 0.05) is 12.1 Å². The molecule has 4 rings (SSSR count). The van der Waals surface area contributed by atoms with Crippen LogP contribution in [-0.2, 0) is 11.3 Å². The van der Waals surface area contributed by atoms with Crippen LogP contribution in [0.4, 0.5) is 0 Å². The van der Waals surface area contributed by atoms with Crippen molar-refractivity contribution in [3.8, 4) is 0 Å². The average molecular weight is 354 g/mol. The third-order valence-electron chi connectivity index (χ3n) is 5.07. The van der Waals surface area contributed by atoms with Crippen molar-refractivity contribution in [2.24, 2.45) is 4.99 Å². The van der Waals surface area contributed by atoms with Crippen molar-refractivity contribution in [2.75, 3.05) is 0 Å². The second-order valence-electron chi connectivity index (χ2n) is 7.07. The van der Waals surface area contributed by atoms with E-state index in [-0.39, 0.29) is 6.04 Å². The third kappa shape index (κ3) is 3.28. The minimum Gasteiger partial charge on any atom is -0.342 e. The van der Waals surface area contributed by atoms with E-state index in [4.69, 9.17) is 4.99 Å². The fourth-order valence-corrected chi connectivity index (χ4v) is 3.80. The van der Waals surface area contributed by atoms with E-state index in [0.29, 0.717) is 6.54 Å². The summed E-state index contributed by atoms with van der Waals surface area (Å²) < 4.78 is 0. The van der Waals surface area contributed by atoms with Crippen LogP contribution in [0.25, 0.3) is 0 Å². The summed E-state index contributed by atoms with van der Waals surface area (Å²) in [6.07, 6.45) is 0.985. The second-order valence-corrected chi connectivity index (χ2v) is 7.07. The van der Waals surface area contributed by atoms with Gasteiger partial charge in [0.1, 0.15) is 17.7 Å². The lowest BCUT2D eigenvalue weighted by Crippen LogP contribution is -2.39. The van der Waals surface area contributed by atoms with Crippen molar-refractivity contribution in [2.45, 2.75) is 25.0 Å².